The minimum absolute atomic E-state index is 0.0855. The fourth-order valence-electron chi connectivity index (χ4n) is 3.52. The summed E-state index contributed by atoms with van der Waals surface area (Å²) in [6.07, 6.45) is 7.37. The summed E-state index contributed by atoms with van der Waals surface area (Å²) in [5.41, 5.74) is 5.01. The lowest BCUT2D eigenvalue weighted by atomic mass is 10.1. The number of aromatic amines is 1. The van der Waals surface area contributed by atoms with Gasteiger partial charge in [0.2, 0.25) is 0 Å². The topological polar surface area (TPSA) is 120 Å². The first kappa shape index (κ1) is 19.7. The molecule has 9 heteroatoms. The van der Waals surface area contributed by atoms with Crippen molar-refractivity contribution < 1.29 is 9.90 Å². The fourth-order valence-corrected chi connectivity index (χ4v) is 3.52. The molecule has 0 aliphatic carbocycles. The zero-order valence-electron chi connectivity index (χ0n) is 17.1. The molecule has 0 bridgehead atoms. The lowest BCUT2D eigenvalue weighted by Gasteiger charge is -2.11. The summed E-state index contributed by atoms with van der Waals surface area (Å²) in [6, 6.07) is 13.4. The minimum Gasteiger partial charge on any atom is -0.395 e. The van der Waals surface area contributed by atoms with Crippen LogP contribution in [0.5, 0.6) is 0 Å². The molecule has 0 saturated heterocycles. The monoisotopic (exact) mass is 427 g/mol. The molecule has 3 aromatic heterocycles. The van der Waals surface area contributed by atoms with Gasteiger partial charge in [0.05, 0.1) is 24.0 Å². The van der Waals surface area contributed by atoms with Gasteiger partial charge in [-0.05, 0) is 23.8 Å². The predicted octanol–water partition coefficient (Wildman–Crippen LogP) is 2.61. The molecule has 0 fully saturated rings. The van der Waals surface area contributed by atoms with Crippen molar-refractivity contribution in [2.75, 3.05) is 18.5 Å². The Balaban J connectivity index is 1.38. The standard InChI is InChI=1S/C23H21N7O2/c31-10-8-25-23(32)16-3-1-15(2-4-16)12-26-21-22-24-7-9-30(22)14-20(28-21)17-5-6-18-13-27-29-19(18)11-17/h1-7,9,11,13-14,31H,8,10,12H2,(H,25,32)(H,26,28)(H,27,29). The zero-order valence-corrected chi connectivity index (χ0v) is 17.1. The second kappa shape index (κ2) is 8.48. The van der Waals surface area contributed by atoms with Gasteiger partial charge >= 0.3 is 0 Å². The van der Waals surface area contributed by atoms with E-state index in [4.69, 9.17) is 10.1 Å². The fraction of sp³-hybridized carbons (Fsp3) is 0.130. The number of fused-ring (bicyclic) bond motifs is 2. The Morgan fingerprint density at radius 3 is 2.88 bits per heavy atom. The number of carbonyl (C=O) groups is 1. The molecule has 0 radical (unpaired) electrons. The number of hydrogen-bond acceptors (Lipinski definition) is 6. The van der Waals surface area contributed by atoms with E-state index in [9.17, 15) is 4.79 Å². The van der Waals surface area contributed by atoms with Crippen molar-refractivity contribution in [1.29, 1.82) is 0 Å². The number of aliphatic hydroxyl groups excluding tert-OH is 1. The van der Waals surface area contributed by atoms with E-state index in [0.717, 1.165) is 33.4 Å². The molecular weight excluding hydrogens is 406 g/mol. The van der Waals surface area contributed by atoms with E-state index in [1.165, 1.54) is 0 Å². The largest absolute Gasteiger partial charge is 0.395 e. The van der Waals surface area contributed by atoms with Crippen molar-refractivity contribution in [1.82, 2.24) is 29.9 Å². The molecule has 0 saturated carbocycles. The van der Waals surface area contributed by atoms with Crippen molar-refractivity contribution in [3.63, 3.8) is 0 Å². The van der Waals surface area contributed by atoms with E-state index in [-0.39, 0.29) is 19.1 Å². The van der Waals surface area contributed by atoms with Gasteiger partial charge in [-0.3, -0.25) is 9.89 Å². The number of aromatic nitrogens is 5. The molecule has 0 unspecified atom stereocenters. The maximum atomic E-state index is 12.0. The van der Waals surface area contributed by atoms with Crippen molar-refractivity contribution in [3.8, 4) is 11.3 Å². The first-order chi connectivity index (χ1) is 15.7. The SMILES string of the molecule is O=C(NCCO)c1ccc(CNc2nc(-c3ccc4cn[nH]c4c3)cn3ccnc23)cc1. The van der Waals surface area contributed by atoms with E-state index in [1.807, 2.05) is 47.1 Å². The van der Waals surface area contributed by atoms with Gasteiger partial charge in [-0.2, -0.15) is 5.10 Å². The highest BCUT2D eigenvalue weighted by atomic mass is 16.3. The Bertz CT molecular complexity index is 1390. The van der Waals surface area contributed by atoms with Gasteiger partial charge in [0, 0.05) is 48.2 Å². The molecule has 0 spiro atoms. The summed E-state index contributed by atoms with van der Waals surface area (Å²) in [7, 11) is 0. The first-order valence-corrected chi connectivity index (χ1v) is 10.2. The molecule has 2 aromatic carbocycles. The summed E-state index contributed by atoms with van der Waals surface area (Å²) >= 11 is 0. The van der Waals surface area contributed by atoms with Crippen LogP contribution in [-0.2, 0) is 6.54 Å². The lowest BCUT2D eigenvalue weighted by Crippen LogP contribution is -2.26. The van der Waals surface area contributed by atoms with Gasteiger partial charge in [-0.15, -0.1) is 0 Å². The number of aliphatic hydroxyl groups is 1. The van der Waals surface area contributed by atoms with E-state index in [1.54, 1.807) is 24.5 Å². The normalized spacial score (nSPS) is 11.2. The van der Waals surface area contributed by atoms with Crippen LogP contribution in [0.4, 0.5) is 5.82 Å². The number of nitrogens with one attached hydrogen (secondary N) is 3. The average molecular weight is 427 g/mol. The molecule has 9 nitrogen and oxygen atoms in total. The third kappa shape index (κ3) is 3.88. The zero-order chi connectivity index (χ0) is 21.9. The van der Waals surface area contributed by atoms with Crippen LogP contribution in [0.15, 0.2) is 67.3 Å². The Labute approximate surface area is 183 Å². The summed E-state index contributed by atoms with van der Waals surface area (Å²) in [5, 5.41) is 23.0. The van der Waals surface area contributed by atoms with Crippen LogP contribution in [0, 0.1) is 0 Å². The number of nitrogens with zero attached hydrogens (tertiary/aromatic N) is 4. The number of carbonyl (C=O) groups excluding carboxylic acids is 1. The maximum absolute atomic E-state index is 12.0. The number of rotatable bonds is 7. The van der Waals surface area contributed by atoms with E-state index >= 15 is 0 Å². The van der Waals surface area contributed by atoms with Crippen LogP contribution in [0.25, 0.3) is 27.8 Å². The summed E-state index contributed by atoms with van der Waals surface area (Å²) < 4.78 is 1.94. The van der Waals surface area contributed by atoms with Crippen LogP contribution in [0.2, 0.25) is 0 Å². The summed E-state index contributed by atoms with van der Waals surface area (Å²) in [5.74, 6) is 0.461. The van der Waals surface area contributed by atoms with Crippen molar-refractivity contribution >= 4 is 28.3 Å². The number of amides is 1. The Kier molecular flexibility index (Phi) is 5.22. The Morgan fingerprint density at radius 2 is 2.03 bits per heavy atom. The highest BCUT2D eigenvalue weighted by molar-refractivity contribution is 5.94. The second-order valence-corrected chi connectivity index (χ2v) is 7.33. The van der Waals surface area contributed by atoms with Gasteiger partial charge in [-0.1, -0.05) is 24.3 Å². The van der Waals surface area contributed by atoms with Crippen LogP contribution in [0.1, 0.15) is 15.9 Å². The molecule has 4 N–H and O–H groups in total. The first-order valence-electron chi connectivity index (χ1n) is 10.2. The number of hydrogen-bond donors (Lipinski definition) is 4. The molecule has 5 rings (SSSR count). The van der Waals surface area contributed by atoms with E-state index in [0.29, 0.717) is 17.9 Å². The summed E-state index contributed by atoms with van der Waals surface area (Å²) in [4.78, 5) is 21.2. The number of imidazole rings is 1. The van der Waals surface area contributed by atoms with Gasteiger partial charge in [0.15, 0.2) is 11.5 Å². The van der Waals surface area contributed by atoms with Gasteiger partial charge < -0.3 is 20.1 Å². The molecule has 1 amide bonds. The van der Waals surface area contributed by atoms with Crippen molar-refractivity contribution in [2.24, 2.45) is 0 Å². The van der Waals surface area contributed by atoms with E-state index in [2.05, 4.69) is 25.8 Å². The number of benzene rings is 2. The molecule has 5 aromatic rings. The minimum atomic E-state index is -0.207. The lowest BCUT2D eigenvalue weighted by molar-refractivity contribution is 0.0945. The number of H-pyrrole nitrogens is 1. The van der Waals surface area contributed by atoms with Crippen LogP contribution in [-0.4, -0.2) is 48.7 Å². The molecule has 0 aliphatic heterocycles. The van der Waals surface area contributed by atoms with Gasteiger partial charge in [0.25, 0.3) is 5.91 Å². The second-order valence-electron chi connectivity index (χ2n) is 7.33. The Morgan fingerprint density at radius 1 is 1.16 bits per heavy atom. The molecular formula is C23H21N7O2. The average Bonchev–Trinajstić information content (AvgIpc) is 3.50. The molecule has 32 heavy (non-hydrogen) atoms. The smallest absolute Gasteiger partial charge is 0.251 e. The van der Waals surface area contributed by atoms with Crippen LogP contribution >= 0.6 is 0 Å². The van der Waals surface area contributed by atoms with Crippen molar-refractivity contribution in [3.05, 3.63) is 78.4 Å². The highest BCUT2D eigenvalue weighted by Gasteiger charge is 2.11. The van der Waals surface area contributed by atoms with Crippen molar-refractivity contribution in [2.45, 2.75) is 6.54 Å². The quantitative estimate of drug-likeness (QED) is 0.317. The predicted molar refractivity (Wildman–Crippen MR) is 121 cm³/mol. The number of anilines is 1. The molecule has 0 aliphatic rings. The molecule has 3 heterocycles. The van der Waals surface area contributed by atoms with E-state index < -0.39 is 0 Å². The highest BCUT2D eigenvalue weighted by Crippen LogP contribution is 2.25. The molecule has 160 valence electrons. The third-order valence-corrected chi connectivity index (χ3v) is 5.19. The summed E-state index contributed by atoms with van der Waals surface area (Å²) in [6.45, 7) is 0.673. The van der Waals surface area contributed by atoms with Crippen LogP contribution < -0.4 is 10.6 Å². The van der Waals surface area contributed by atoms with Crippen LogP contribution in [0.3, 0.4) is 0 Å². The van der Waals surface area contributed by atoms with Gasteiger partial charge in [0.1, 0.15) is 0 Å². The maximum Gasteiger partial charge on any atom is 0.251 e. The molecule has 0 atom stereocenters. The Hall–Kier alpha value is -4.24. The third-order valence-electron chi connectivity index (χ3n) is 5.19. The van der Waals surface area contributed by atoms with Gasteiger partial charge in [-0.25, -0.2) is 9.97 Å².